The Hall–Kier alpha value is -0.860. The highest BCUT2D eigenvalue weighted by molar-refractivity contribution is 5.36. The van der Waals surface area contributed by atoms with Crippen LogP contribution >= 0.6 is 0 Å². The molecule has 0 radical (unpaired) electrons. The van der Waals surface area contributed by atoms with Crippen molar-refractivity contribution in [1.82, 2.24) is 10.2 Å². The van der Waals surface area contributed by atoms with Gasteiger partial charge in [-0.15, -0.1) is 0 Å². The first-order valence-electron chi connectivity index (χ1n) is 7.66. The van der Waals surface area contributed by atoms with Crippen LogP contribution in [0.3, 0.4) is 0 Å². The summed E-state index contributed by atoms with van der Waals surface area (Å²) in [6.07, 6.45) is 6.43. The van der Waals surface area contributed by atoms with E-state index in [2.05, 4.69) is 49.4 Å². The fourth-order valence-electron chi connectivity index (χ4n) is 2.85. The van der Waals surface area contributed by atoms with E-state index in [-0.39, 0.29) is 0 Å². The van der Waals surface area contributed by atoms with Crippen LogP contribution in [0.2, 0.25) is 0 Å². The third-order valence-electron chi connectivity index (χ3n) is 4.11. The van der Waals surface area contributed by atoms with E-state index < -0.39 is 0 Å². The molecule has 1 N–H and O–H groups in total. The highest BCUT2D eigenvalue weighted by Gasteiger charge is 2.12. The maximum absolute atomic E-state index is 3.65. The van der Waals surface area contributed by atoms with Crippen LogP contribution in [0.15, 0.2) is 18.2 Å². The van der Waals surface area contributed by atoms with E-state index in [1.165, 1.54) is 44.2 Å². The van der Waals surface area contributed by atoms with Crippen LogP contribution in [0.4, 0.5) is 0 Å². The van der Waals surface area contributed by atoms with Crippen molar-refractivity contribution in [1.29, 1.82) is 0 Å². The lowest BCUT2D eigenvalue weighted by Crippen LogP contribution is -2.21. The summed E-state index contributed by atoms with van der Waals surface area (Å²) >= 11 is 0. The molecule has 0 spiro atoms. The summed E-state index contributed by atoms with van der Waals surface area (Å²) in [7, 11) is 4.28. The van der Waals surface area contributed by atoms with Gasteiger partial charge < -0.3 is 10.2 Å². The number of rotatable bonds is 7. The Labute approximate surface area is 118 Å². The molecule has 1 aromatic carbocycles. The number of hydrogen-bond acceptors (Lipinski definition) is 2. The maximum Gasteiger partial charge on any atom is 0.0291 e. The Morgan fingerprint density at radius 1 is 1.16 bits per heavy atom. The van der Waals surface area contributed by atoms with Crippen molar-refractivity contribution in [2.24, 2.45) is 0 Å². The van der Waals surface area contributed by atoms with Crippen LogP contribution in [-0.4, -0.2) is 32.1 Å². The van der Waals surface area contributed by atoms with Gasteiger partial charge in [-0.2, -0.15) is 0 Å². The highest BCUT2D eigenvalue weighted by atomic mass is 15.0. The number of unbranched alkanes of at least 4 members (excludes halogenated alkanes) is 1. The molecule has 0 saturated heterocycles. The van der Waals surface area contributed by atoms with Gasteiger partial charge in [0, 0.05) is 6.04 Å². The van der Waals surface area contributed by atoms with Crippen LogP contribution in [0.5, 0.6) is 0 Å². The molecule has 1 atom stereocenters. The molecule has 106 valence electrons. The van der Waals surface area contributed by atoms with Gasteiger partial charge in [0.2, 0.25) is 0 Å². The molecule has 2 nitrogen and oxygen atoms in total. The Kier molecular flexibility index (Phi) is 5.41. The summed E-state index contributed by atoms with van der Waals surface area (Å²) in [5.41, 5.74) is 4.61. The molecule has 0 bridgehead atoms. The number of nitrogens with one attached hydrogen (secondary N) is 1. The quantitative estimate of drug-likeness (QED) is 0.758. The lowest BCUT2D eigenvalue weighted by atomic mass is 10.0. The van der Waals surface area contributed by atoms with Gasteiger partial charge in [-0.1, -0.05) is 18.2 Å². The average Bonchev–Trinajstić information content (AvgIpc) is 2.84. The van der Waals surface area contributed by atoms with Crippen molar-refractivity contribution in [2.75, 3.05) is 27.2 Å². The predicted molar refractivity (Wildman–Crippen MR) is 82.7 cm³/mol. The van der Waals surface area contributed by atoms with E-state index in [0.717, 1.165) is 6.54 Å². The largest absolute Gasteiger partial charge is 0.310 e. The third-order valence-corrected chi connectivity index (χ3v) is 4.11. The molecule has 0 amide bonds. The van der Waals surface area contributed by atoms with Gasteiger partial charge in [-0.05, 0) is 82.9 Å². The van der Waals surface area contributed by atoms with E-state index in [0.29, 0.717) is 6.04 Å². The van der Waals surface area contributed by atoms with E-state index in [1.54, 1.807) is 11.1 Å². The van der Waals surface area contributed by atoms with E-state index in [4.69, 9.17) is 0 Å². The minimum absolute atomic E-state index is 0.477. The van der Waals surface area contributed by atoms with Crippen LogP contribution < -0.4 is 5.32 Å². The van der Waals surface area contributed by atoms with E-state index in [1.807, 2.05) is 0 Å². The highest BCUT2D eigenvalue weighted by Crippen LogP contribution is 2.25. The van der Waals surface area contributed by atoms with Crippen LogP contribution in [0.1, 0.15) is 48.9 Å². The monoisotopic (exact) mass is 260 g/mol. The minimum atomic E-state index is 0.477. The summed E-state index contributed by atoms with van der Waals surface area (Å²) in [6, 6.07) is 7.54. The Morgan fingerprint density at radius 2 is 1.95 bits per heavy atom. The predicted octanol–water partition coefficient (Wildman–Crippen LogP) is 3.17. The van der Waals surface area contributed by atoms with Crippen molar-refractivity contribution < 1.29 is 0 Å². The SMILES string of the molecule is CC(NCCCCN(C)C)c1ccc2c(c1)CCC2. The van der Waals surface area contributed by atoms with Gasteiger partial charge >= 0.3 is 0 Å². The second-order valence-corrected chi connectivity index (χ2v) is 6.07. The fourth-order valence-corrected chi connectivity index (χ4v) is 2.85. The van der Waals surface area contributed by atoms with Crippen molar-refractivity contribution >= 4 is 0 Å². The third kappa shape index (κ3) is 4.32. The molecule has 2 heteroatoms. The summed E-state index contributed by atoms with van der Waals surface area (Å²) < 4.78 is 0. The molecule has 0 aromatic heterocycles. The summed E-state index contributed by atoms with van der Waals surface area (Å²) in [5.74, 6) is 0. The molecule has 0 saturated carbocycles. The van der Waals surface area contributed by atoms with Crippen LogP contribution in [0, 0.1) is 0 Å². The number of aryl methyl sites for hydroxylation is 2. The molecular formula is C17H28N2. The Bertz CT molecular complexity index is 398. The first-order valence-corrected chi connectivity index (χ1v) is 7.66. The van der Waals surface area contributed by atoms with Gasteiger partial charge in [0.15, 0.2) is 0 Å². The first-order chi connectivity index (χ1) is 9.16. The molecule has 1 unspecified atom stereocenters. The summed E-state index contributed by atoms with van der Waals surface area (Å²) in [5, 5.41) is 3.65. The average molecular weight is 260 g/mol. The zero-order valence-corrected chi connectivity index (χ0v) is 12.7. The fraction of sp³-hybridized carbons (Fsp3) is 0.647. The van der Waals surface area contributed by atoms with Gasteiger partial charge in [0.05, 0.1) is 0 Å². The van der Waals surface area contributed by atoms with Crippen molar-refractivity contribution in [3.8, 4) is 0 Å². The molecule has 2 rings (SSSR count). The molecule has 0 heterocycles. The second-order valence-electron chi connectivity index (χ2n) is 6.07. The van der Waals surface area contributed by atoms with Gasteiger partial charge in [-0.3, -0.25) is 0 Å². The smallest absolute Gasteiger partial charge is 0.0291 e. The Morgan fingerprint density at radius 3 is 2.74 bits per heavy atom. The van der Waals surface area contributed by atoms with E-state index >= 15 is 0 Å². The summed E-state index contributed by atoms with van der Waals surface area (Å²) in [4.78, 5) is 2.25. The molecule has 1 aliphatic carbocycles. The minimum Gasteiger partial charge on any atom is -0.310 e. The van der Waals surface area contributed by atoms with Crippen molar-refractivity contribution in [2.45, 2.75) is 45.1 Å². The first kappa shape index (κ1) is 14.5. The zero-order chi connectivity index (χ0) is 13.7. The van der Waals surface area contributed by atoms with E-state index in [9.17, 15) is 0 Å². The topological polar surface area (TPSA) is 15.3 Å². The molecule has 0 fully saturated rings. The summed E-state index contributed by atoms with van der Waals surface area (Å²) in [6.45, 7) is 4.59. The normalized spacial score (nSPS) is 15.8. The van der Waals surface area contributed by atoms with Gasteiger partial charge in [0.25, 0.3) is 0 Å². The lowest BCUT2D eigenvalue weighted by Gasteiger charge is -2.16. The molecule has 1 aliphatic rings. The maximum atomic E-state index is 3.65. The number of hydrogen-bond donors (Lipinski definition) is 1. The molecule has 19 heavy (non-hydrogen) atoms. The molecule has 0 aliphatic heterocycles. The zero-order valence-electron chi connectivity index (χ0n) is 12.7. The van der Waals surface area contributed by atoms with Gasteiger partial charge in [-0.25, -0.2) is 0 Å². The van der Waals surface area contributed by atoms with Crippen molar-refractivity contribution in [3.05, 3.63) is 34.9 Å². The number of fused-ring (bicyclic) bond motifs is 1. The standard InChI is InChI=1S/C17H28N2/c1-14(18-11-4-5-12-19(2)3)16-10-9-15-7-6-8-17(15)13-16/h9-10,13-14,18H,4-8,11-12H2,1-3H3. The van der Waals surface area contributed by atoms with Crippen LogP contribution in [-0.2, 0) is 12.8 Å². The number of nitrogens with zero attached hydrogens (tertiary/aromatic N) is 1. The Balaban J connectivity index is 1.75. The molecular weight excluding hydrogens is 232 g/mol. The van der Waals surface area contributed by atoms with Crippen molar-refractivity contribution in [3.63, 3.8) is 0 Å². The second kappa shape index (κ2) is 7.06. The van der Waals surface area contributed by atoms with Crippen LogP contribution in [0.25, 0.3) is 0 Å². The molecule has 1 aromatic rings. The number of benzene rings is 1. The lowest BCUT2D eigenvalue weighted by molar-refractivity contribution is 0.389. The van der Waals surface area contributed by atoms with Gasteiger partial charge in [0.1, 0.15) is 0 Å².